The number of hydrogen-bond acceptors (Lipinski definition) is 2. The molecule has 4 nitrogen and oxygen atoms in total. The summed E-state index contributed by atoms with van der Waals surface area (Å²) in [6.07, 6.45) is 3.06. The Morgan fingerprint density at radius 2 is 1.64 bits per heavy atom. The lowest BCUT2D eigenvalue weighted by Crippen LogP contribution is -2.37. The minimum absolute atomic E-state index is 0.591. The standard InChI is InChI=1S/C8H19BrN2O2S/c1-10(2)14(12,13)11(3)8-6-4-5-7-9/h4-8H2,1-3H3. The molecule has 0 aromatic heterocycles. The molecule has 0 fully saturated rings. The summed E-state index contributed by atoms with van der Waals surface area (Å²) in [6, 6.07) is 0. The van der Waals surface area contributed by atoms with Crippen LogP contribution >= 0.6 is 15.9 Å². The summed E-state index contributed by atoms with van der Waals surface area (Å²) in [4.78, 5) is 0. The van der Waals surface area contributed by atoms with Crippen molar-refractivity contribution in [3.8, 4) is 0 Å². The van der Waals surface area contributed by atoms with E-state index in [4.69, 9.17) is 0 Å². The Kier molecular flexibility index (Phi) is 6.93. The number of hydrogen-bond donors (Lipinski definition) is 0. The highest BCUT2D eigenvalue weighted by Gasteiger charge is 2.19. The summed E-state index contributed by atoms with van der Waals surface area (Å²) >= 11 is 3.34. The average Bonchev–Trinajstić information content (AvgIpc) is 2.11. The number of alkyl halides is 1. The Bertz CT molecular complexity index is 242. The summed E-state index contributed by atoms with van der Waals surface area (Å²) in [7, 11) is 1.50. The largest absolute Gasteiger partial charge is 0.281 e. The second-order valence-electron chi connectivity index (χ2n) is 3.36. The summed E-state index contributed by atoms with van der Waals surface area (Å²) in [5, 5.41) is 0.983. The molecule has 0 saturated carbocycles. The van der Waals surface area contributed by atoms with Crippen molar-refractivity contribution in [3.05, 3.63) is 0 Å². The van der Waals surface area contributed by atoms with Crippen LogP contribution in [0.3, 0.4) is 0 Å². The zero-order valence-corrected chi connectivity index (χ0v) is 11.4. The van der Waals surface area contributed by atoms with E-state index < -0.39 is 10.2 Å². The van der Waals surface area contributed by atoms with E-state index in [0.29, 0.717) is 6.54 Å². The zero-order chi connectivity index (χ0) is 11.2. The second-order valence-corrected chi connectivity index (χ2v) is 6.40. The molecular weight excluding hydrogens is 268 g/mol. The highest BCUT2D eigenvalue weighted by atomic mass is 79.9. The fourth-order valence-corrected chi connectivity index (χ4v) is 2.31. The van der Waals surface area contributed by atoms with Gasteiger partial charge in [0.2, 0.25) is 0 Å². The lowest BCUT2D eigenvalue weighted by Gasteiger charge is -2.21. The van der Waals surface area contributed by atoms with Crippen molar-refractivity contribution in [2.75, 3.05) is 33.0 Å². The van der Waals surface area contributed by atoms with Crippen molar-refractivity contribution in [1.29, 1.82) is 0 Å². The predicted molar refractivity (Wildman–Crippen MR) is 62.9 cm³/mol. The normalized spacial score (nSPS) is 12.7. The molecule has 0 N–H and O–H groups in total. The van der Waals surface area contributed by atoms with Crippen LogP contribution in [0.15, 0.2) is 0 Å². The third-order valence-electron chi connectivity index (χ3n) is 1.96. The first-order valence-electron chi connectivity index (χ1n) is 4.62. The van der Waals surface area contributed by atoms with Crippen LogP contribution in [-0.2, 0) is 10.2 Å². The third kappa shape index (κ3) is 4.72. The number of unbranched alkanes of at least 4 members (excludes halogenated alkanes) is 2. The van der Waals surface area contributed by atoms with Crippen molar-refractivity contribution in [3.63, 3.8) is 0 Å². The van der Waals surface area contributed by atoms with Gasteiger partial charge in [-0.25, -0.2) is 0 Å². The Hall–Kier alpha value is 0.350. The summed E-state index contributed by atoms with van der Waals surface area (Å²) in [5.41, 5.74) is 0. The van der Waals surface area contributed by atoms with E-state index in [1.807, 2.05) is 0 Å². The van der Waals surface area contributed by atoms with Gasteiger partial charge >= 0.3 is 0 Å². The highest BCUT2D eigenvalue weighted by Crippen LogP contribution is 2.05. The lowest BCUT2D eigenvalue weighted by atomic mass is 10.2. The molecule has 0 aliphatic rings. The maximum atomic E-state index is 11.5. The Morgan fingerprint density at radius 3 is 2.07 bits per heavy atom. The smallest absolute Gasteiger partial charge is 0.195 e. The van der Waals surface area contributed by atoms with Gasteiger partial charge in [0, 0.05) is 33.0 Å². The summed E-state index contributed by atoms with van der Waals surface area (Å²) < 4.78 is 25.7. The summed E-state index contributed by atoms with van der Waals surface area (Å²) in [6.45, 7) is 0.591. The van der Waals surface area contributed by atoms with Crippen LogP contribution in [0, 0.1) is 0 Å². The van der Waals surface area contributed by atoms with Gasteiger partial charge in [0.15, 0.2) is 0 Å². The van der Waals surface area contributed by atoms with Gasteiger partial charge in [0.05, 0.1) is 0 Å². The minimum Gasteiger partial charge on any atom is -0.195 e. The fraction of sp³-hybridized carbons (Fsp3) is 1.00. The maximum absolute atomic E-state index is 11.5. The zero-order valence-electron chi connectivity index (χ0n) is 9.03. The first-order chi connectivity index (χ1) is 6.42. The first-order valence-corrected chi connectivity index (χ1v) is 7.14. The third-order valence-corrected chi connectivity index (χ3v) is 4.42. The first kappa shape index (κ1) is 14.3. The monoisotopic (exact) mass is 286 g/mol. The molecule has 0 bridgehead atoms. The number of halogens is 1. The lowest BCUT2D eigenvalue weighted by molar-refractivity contribution is 0.409. The Labute approximate surface area is 95.6 Å². The topological polar surface area (TPSA) is 40.6 Å². The molecular formula is C8H19BrN2O2S. The van der Waals surface area contributed by atoms with Crippen molar-refractivity contribution in [2.45, 2.75) is 19.3 Å². The molecule has 0 radical (unpaired) electrons. The van der Waals surface area contributed by atoms with Crippen molar-refractivity contribution in [1.82, 2.24) is 8.61 Å². The van der Waals surface area contributed by atoms with Gasteiger partial charge in [-0.15, -0.1) is 0 Å². The molecule has 0 aromatic carbocycles. The van der Waals surface area contributed by atoms with Crippen LogP contribution in [0.25, 0.3) is 0 Å². The van der Waals surface area contributed by atoms with E-state index in [0.717, 1.165) is 24.6 Å². The SMILES string of the molecule is CN(C)S(=O)(=O)N(C)CCCCCBr. The van der Waals surface area contributed by atoms with Crippen molar-refractivity contribution in [2.24, 2.45) is 0 Å². The average molecular weight is 287 g/mol. The predicted octanol–water partition coefficient (Wildman–Crippen LogP) is 1.29. The quantitative estimate of drug-likeness (QED) is 0.523. The fourth-order valence-electron chi connectivity index (χ4n) is 1.000. The van der Waals surface area contributed by atoms with Gasteiger partial charge in [-0.3, -0.25) is 0 Å². The molecule has 14 heavy (non-hydrogen) atoms. The van der Waals surface area contributed by atoms with Gasteiger partial charge in [0.1, 0.15) is 0 Å². The van der Waals surface area contributed by atoms with E-state index in [9.17, 15) is 8.42 Å². The molecule has 0 atom stereocenters. The van der Waals surface area contributed by atoms with Gasteiger partial charge in [0.25, 0.3) is 10.2 Å². The Morgan fingerprint density at radius 1 is 1.07 bits per heavy atom. The minimum atomic E-state index is -3.21. The van der Waals surface area contributed by atoms with E-state index in [1.165, 1.54) is 8.61 Å². The van der Waals surface area contributed by atoms with Crippen molar-refractivity contribution >= 4 is 26.1 Å². The molecule has 0 aliphatic heterocycles. The van der Waals surface area contributed by atoms with E-state index in [1.54, 1.807) is 21.1 Å². The molecule has 86 valence electrons. The van der Waals surface area contributed by atoms with Crippen molar-refractivity contribution < 1.29 is 8.42 Å². The van der Waals surface area contributed by atoms with E-state index in [2.05, 4.69) is 15.9 Å². The molecule has 0 heterocycles. The van der Waals surface area contributed by atoms with Gasteiger partial charge in [-0.05, 0) is 12.8 Å². The number of nitrogens with zero attached hydrogens (tertiary/aromatic N) is 2. The van der Waals surface area contributed by atoms with Gasteiger partial charge < -0.3 is 0 Å². The van der Waals surface area contributed by atoms with Crippen LogP contribution in [0.1, 0.15) is 19.3 Å². The highest BCUT2D eigenvalue weighted by molar-refractivity contribution is 9.09. The van der Waals surface area contributed by atoms with Crippen LogP contribution in [0.5, 0.6) is 0 Å². The van der Waals surface area contributed by atoms with E-state index >= 15 is 0 Å². The molecule has 0 unspecified atom stereocenters. The second kappa shape index (κ2) is 6.76. The Balaban J connectivity index is 3.90. The molecule has 0 spiro atoms. The van der Waals surface area contributed by atoms with Gasteiger partial charge in [-0.1, -0.05) is 22.4 Å². The van der Waals surface area contributed by atoms with Gasteiger partial charge in [-0.2, -0.15) is 17.0 Å². The van der Waals surface area contributed by atoms with Crippen LogP contribution < -0.4 is 0 Å². The van der Waals surface area contributed by atoms with Crippen LogP contribution in [0.2, 0.25) is 0 Å². The van der Waals surface area contributed by atoms with Crippen LogP contribution in [0.4, 0.5) is 0 Å². The molecule has 0 aliphatic carbocycles. The number of rotatable bonds is 7. The molecule has 0 aromatic rings. The molecule has 0 saturated heterocycles. The maximum Gasteiger partial charge on any atom is 0.281 e. The van der Waals surface area contributed by atoms with Crippen LogP contribution in [-0.4, -0.2) is 50.0 Å². The molecule has 0 amide bonds. The molecule has 6 heteroatoms. The summed E-state index contributed by atoms with van der Waals surface area (Å²) in [5.74, 6) is 0. The molecule has 0 rings (SSSR count). The van der Waals surface area contributed by atoms with E-state index in [-0.39, 0.29) is 0 Å².